The average molecular weight is 220 g/mol. The van der Waals surface area contributed by atoms with E-state index in [1.165, 1.54) is 0 Å². The predicted octanol–water partition coefficient (Wildman–Crippen LogP) is 2.03. The minimum absolute atomic E-state index is 0.552. The van der Waals surface area contributed by atoms with Crippen LogP contribution in [0.15, 0.2) is 0 Å². The zero-order chi connectivity index (χ0) is 10.9. The van der Waals surface area contributed by atoms with Crippen molar-refractivity contribution in [3.8, 4) is 0 Å². The van der Waals surface area contributed by atoms with E-state index in [-0.39, 0.29) is 0 Å². The summed E-state index contributed by atoms with van der Waals surface area (Å²) in [6, 6.07) is 1.16. The monoisotopic (exact) mass is 220 g/mol. The molecule has 0 heterocycles. The Hall–Kier alpha value is 0.0969. The summed E-state index contributed by atoms with van der Waals surface area (Å²) in [5.74, 6) is 0. The van der Waals surface area contributed by atoms with Crippen LogP contribution in [-0.4, -0.2) is 31.4 Å². The summed E-state index contributed by atoms with van der Waals surface area (Å²) in [5, 5.41) is 0. The lowest BCUT2D eigenvalue weighted by Crippen LogP contribution is -2.34. The van der Waals surface area contributed by atoms with Crippen LogP contribution in [0.1, 0.15) is 39.5 Å². The second kappa shape index (κ2) is 8.41. The van der Waals surface area contributed by atoms with Gasteiger partial charge in [0.1, 0.15) is 0 Å². The van der Waals surface area contributed by atoms with Gasteiger partial charge >= 0.3 is 8.56 Å². The maximum Gasteiger partial charge on any atom is 0.332 e. The average Bonchev–Trinajstić information content (AvgIpc) is 2.15. The molecule has 0 radical (unpaired) electrons. The molecule has 2 N–H and O–H groups in total. The van der Waals surface area contributed by atoms with Gasteiger partial charge in [-0.2, -0.15) is 0 Å². The van der Waals surface area contributed by atoms with E-state index in [0.29, 0.717) is 18.7 Å². The summed E-state index contributed by atoms with van der Waals surface area (Å²) < 4.78 is 5.28. The van der Waals surface area contributed by atoms with Gasteiger partial charge in [0.15, 0.2) is 0 Å². The first-order valence-corrected chi connectivity index (χ1v) is 7.95. The molecule has 86 valence electrons. The molecule has 0 aromatic rings. The predicted molar refractivity (Wildman–Crippen MR) is 60.4 cm³/mol. The topological polar surface area (TPSA) is 49.7 Å². The fourth-order valence-corrected chi connectivity index (χ4v) is 3.17. The lowest BCUT2D eigenvalue weighted by atomic mass is 10.4. The van der Waals surface area contributed by atoms with Crippen molar-refractivity contribution in [2.24, 2.45) is 0 Å². The second-order valence-corrected chi connectivity index (χ2v) is 6.77. The van der Waals surface area contributed by atoms with Gasteiger partial charge < -0.3 is 14.3 Å². The number of ether oxygens (including phenoxy) is 1. The third kappa shape index (κ3) is 8.68. The zero-order valence-corrected chi connectivity index (χ0v) is 10.5. The van der Waals surface area contributed by atoms with Crippen molar-refractivity contribution in [2.45, 2.75) is 51.6 Å². The van der Waals surface area contributed by atoms with Crippen LogP contribution in [0.3, 0.4) is 0 Å². The van der Waals surface area contributed by atoms with Crippen molar-refractivity contribution in [3.05, 3.63) is 0 Å². The molecule has 0 aromatic heterocycles. The summed E-state index contributed by atoms with van der Waals surface area (Å²) in [6.45, 7) is 5.57. The second-order valence-electron chi connectivity index (χ2n) is 3.80. The Morgan fingerprint density at radius 3 is 2.14 bits per heavy atom. The fourth-order valence-electron chi connectivity index (χ4n) is 1.29. The normalized spacial score (nSPS) is 12.0. The van der Waals surface area contributed by atoms with Crippen LogP contribution >= 0.6 is 0 Å². The molecule has 0 saturated carbocycles. The molecule has 0 rings (SSSR count). The third-order valence-corrected chi connectivity index (χ3v) is 4.45. The molecule has 0 aliphatic rings. The third-order valence-electron chi connectivity index (χ3n) is 2.15. The first kappa shape index (κ1) is 14.1. The molecule has 0 fully saturated rings. The molecule has 0 atom stereocenters. The molecule has 0 aliphatic carbocycles. The molecule has 4 heteroatoms. The Kier molecular flexibility index (Phi) is 8.47. The lowest BCUT2D eigenvalue weighted by Gasteiger charge is -2.17. The Balaban J connectivity index is 3.35. The number of hydrogen-bond donors (Lipinski definition) is 2. The van der Waals surface area contributed by atoms with Crippen LogP contribution in [0.5, 0.6) is 0 Å². The minimum Gasteiger partial charge on any atom is -0.411 e. The molecule has 14 heavy (non-hydrogen) atoms. The van der Waals surface area contributed by atoms with Gasteiger partial charge in [-0.3, -0.25) is 0 Å². The molecule has 0 aliphatic heterocycles. The maximum absolute atomic E-state index is 9.64. The van der Waals surface area contributed by atoms with Crippen molar-refractivity contribution in [1.29, 1.82) is 0 Å². The van der Waals surface area contributed by atoms with E-state index in [1.54, 1.807) is 0 Å². The Labute approximate surface area is 88.4 Å². The molecule has 0 spiro atoms. The smallest absolute Gasteiger partial charge is 0.332 e. The maximum atomic E-state index is 9.64. The highest BCUT2D eigenvalue weighted by Crippen LogP contribution is 2.14. The van der Waals surface area contributed by atoms with E-state index < -0.39 is 8.56 Å². The number of hydrogen-bond acceptors (Lipinski definition) is 3. The van der Waals surface area contributed by atoms with Gasteiger partial charge in [-0.25, -0.2) is 0 Å². The van der Waals surface area contributed by atoms with E-state index in [0.717, 1.165) is 32.3 Å². The highest BCUT2D eigenvalue weighted by molar-refractivity contribution is 6.64. The Morgan fingerprint density at radius 1 is 0.929 bits per heavy atom. The molecule has 0 bridgehead atoms. The quantitative estimate of drug-likeness (QED) is 0.462. The van der Waals surface area contributed by atoms with Crippen LogP contribution in [0.2, 0.25) is 12.1 Å². The number of unbranched alkanes of at least 4 members (excludes halogenated alkanes) is 1. The van der Waals surface area contributed by atoms with Gasteiger partial charge in [0.2, 0.25) is 0 Å². The van der Waals surface area contributed by atoms with Crippen LogP contribution in [0.25, 0.3) is 0 Å². The summed E-state index contributed by atoms with van der Waals surface area (Å²) in [5.41, 5.74) is 0. The lowest BCUT2D eigenvalue weighted by molar-refractivity contribution is 0.133. The van der Waals surface area contributed by atoms with E-state index in [4.69, 9.17) is 4.74 Å². The minimum atomic E-state index is -2.86. The Bertz CT molecular complexity index is 129. The van der Waals surface area contributed by atoms with E-state index in [9.17, 15) is 9.59 Å². The van der Waals surface area contributed by atoms with Gasteiger partial charge in [-0.1, -0.05) is 26.7 Å². The molecule has 0 saturated heterocycles. The van der Waals surface area contributed by atoms with Crippen molar-refractivity contribution < 1.29 is 14.3 Å². The fraction of sp³-hybridized carbons (Fsp3) is 1.00. The molecule has 0 unspecified atom stereocenters. The van der Waals surface area contributed by atoms with Crippen LogP contribution in [0.4, 0.5) is 0 Å². The van der Waals surface area contributed by atoms with E-state index in [2.05, 4.69) is 13.8 Å². The van der Waals surface area contributed by atoms with Crippen molar-refractivity contribution in [1.82, 2.24) is 0 Å². The standard InChI is InChI=1S/C10H24O3Si/c1-3-5-9-14(11,12)10-6-8-13-7-4-2/h11-12H,3-10H2,1-2H3. The summed E-state index contributed by atoms with van der Waals surface area (Å²) in [6.07, 6.45) is 3.76. The first-order valence-electron chi connectivity index (χ1n) is 5.65. The summed E-state index contributed by atoms with van der Waals surface area (Å²) in [4.78, 5) is 19.3. The highest BCUT2D eigenvalue weighted by atomic mass is 28.4. The van der Waals surface area contributed by atoms with Gasteiger partial charge in [0.25, 0.3) is 0 Å². The molecule has 0 amide bonds. The zero-order valence-electron chi connectivity index (χ0n) is 9.46. The van der Waals surface area contributed by atoms with Crippen LogP contribution < -0.4 is 0 Å². The van der Waals surface area contributed by atoms with Gasteiger partial charge in [-0.15, -0.1) is 0 Å². The first-order chi connectivity index (χ1) is 6.62. The SMILES string of the molecule is CCCC[Si](O)(O)CCCOCCC. The van der Waals surface area contributed by atoms with E-state index in [1.807, 2.05) is 0 Å². The van der Waals surface area contributed by atoms with Gasteiger partial charge in [-0.05, 0) is 24.9 Å². The molecule has 0 aromatic carbocycles. The van der Waals surface area contributed by atoms with Crippen molar-refractivity contribution in [3.63, 3.8) is 0 Å². The van der Waals surface area contributed by atoms with Gasteiger partial charge in [0, 0.05) is 13.2 Å². The highest BCUT2D eigenvalue weighted by Gasteiger charge is 2.27. The Morgan fingerprint density at radius 2 is 1.57 bits per heavy atom. The molecule has 3 nitrogen and oxygen atoms in total. The van der Waals surface area contributed by atoms with E-state index >= 15 is 0 Å². The van der Waals surface area contributed by atoms with Crippen LogP contribution in [-0.2, 0) is 4.74 Å². The molecular formula is C10H24O3Si. The summed E-state index contributed by atoms with van der Waals surface area (Å²) >= 11 is 0. The number of rotatable bonds is 9. The summed E-state index contributed by atoms with van der Waals surface area (Å²) in [7, 11) is -2.86. The van der Waals surface area contributed by atoms with Crippen molar-refractivity contribution >= 4 is 8.56 Å². The van der Waals surface area contributed by atoms with Crippen molar-refractivity contribution in [2.75, 3.05) is 13.2 Å². The largest absolute Gasteiger partial charge is 0.411 e. The van der Waals surface area contributed by atoms with Gasteiger partial charge in [0.05, 0.1) is 0 Å². The van der Waals surface area contributed by atoms with Crippen LogP contribution in [0, 0.1) is 0 Å². The molecular weight excluding hydrogens is 196 g/mol.